The number of aromatic nitrogens is 4. The van der Waals surface area contributed by atoms with Gasteiger partial charge in [0.2, 0.25) is 0 Å². The van der Waals surface area contributed by atoms with E-state index in [9.17, 15) is 0 Å². The van der Waals surface area contributed by atoms with Crippen LogP contribution < -0.4 is 0 Å². The number of fused-ring (bicyclic) bond motifs is 8. The summed E-state index contributed by atoms with van der Waals surface area (Å²) in [6.45, 7) is 0. The Kier molecular flexibility index (Phi) is 7.51. The zero-order chi connectivity index (χ0) is 35.3. The lowest BCUT2D eigenvalue weighted by Gasteiger charge is -2.06. The Morgan fingerprint density at radius 3 is 1.27 bits per heavy atom. The van der Waals surface area contributed by atoms with Crippen LogP contribution in [0.3, 0.4) is 0 Å². The molecular formula is C44H26F4N4. The summed E-state index contributed by atoms with van der Waals surface area (Å²) in [5.74, 6) is -4.97. The molecule has 0 unspecified atom stereocenters. The first-order valence-corrected chi connectivity index (χ1v) is 16.6. The second kappa shape index (κ2) is 12.5. The largest absolute Gasteiger partial charge is 0.354 e. The smallest absolute Gasteiger partial charge is 0.187 e. The van der Waals surface area contributed by atoms with Gasteiger partial charge in [0.15, 0.2) is 23.3 Å². The molecule has 3 aromatic heterocycles. The molecule has 52 heavy (non-hydrogen) atoms. The first-order valence-electron chi connectivity index (χ1n) is 16.6. The molecule has 8 heteroatoms. The normalized spacial score (nSPS) is 12.5. The molecule has 0 fully saturated rings. The third-order valence-corrected chi connectivity index (χ3v) is 9.31. The molecule has 7 aromatic rings. The van der Waals surface area contributed by atoms with Crippen LogP contribution in [0, 0.1) is 11.6 Å². The van der Waals surface area contributed by atoms with E-state index < -0.39 is 29.0 Å². The first kappa shape index (κ1) is 31.2. The van der Waals surface area contributed by atoms with Crippen LogP contribution in [0.15, 0.2) is 133 Å². The van der Waals surface area contributed by atoms with Crippen molar-refractivity contribution in [1.82, 2.24) is 19.9 Å². The van der Waals surface area contributed by atoms with Crippen molar-refractivity contribution >= 4 is 45.9 Å². The highest BCUT2D eigenvalue weighted by Gasteiger charge is 2.30. The van der Waals surface area contributed by atoms with Crippen molar-refractivity contribution < 1.29 is 17.6 Å². The van der Waals surface area contributed by atoms with E-state index in [1.165, 1.54) is 0 Å². The number of benzene rings is 4. The van der Waals surface area contributed by atoms with Gasteiger partial charge in [-0.1, -0.05) is 121 Å². The lowest BCUT2D eigenvalue weighted by Crippen LogP contribution is -1.90. The van der Waals surface area contributed by atoms with Crippen molar-refractivity contribution in [3.8, 4) is 44.5 Å². The minimum Gasteiger partial charge on any atom is -0.354 e. The summed E-state index contributed by atoms with van der Waals surface area (Å²) in [5.41, 5.74) is 4.15. The van der Waals surface area contributed by atoms with Crippen LogP contribution in [0.5, 0.6) is 0 Å². The summed E-state index contributed by atoms with van der Waals surface area (Å²) in [5, 5.41) is 0. The average Bonchev–Trinajstić information content (AvgIpc) is 3.98. The standard InChI is InChI=1S/C44H26F4N4/c45-37-39(47)43-36(28-19-11-4-12-20-28)44-40(48)38(46)42(52-44)35(27-17-9-3-10-18-27)32-24-22-30(50-32)33(25-13-5-1-6-14-25)29-21-23-31(49-29)34(41(37)51-43)26-15-7-2-8-16-26/h1-24,49,52H. The number of hydrogen-bond donors (Lipinski definition) is 2. The minimum atomic E-state index is -1.29. The van der Waals surface area contributed by atoms with Gasteiger partial charge in [0, 0.05) is 33.3 Å². The summed E-state index contributed by atoms with van der Waals surface area (Å²) in [6, 6.07) is 39.5. The highest BCUT2D eigenvalue weighted by atomic mass is 19.2. The first-order chi connectivity index (χ1) is 25.5. The molecule has 0 saturated heterocycles. The van der Waals surface area contributed by atoms with Crippen molar-refractivity contribution in [2.75, 3.05) is 0 Å². The Labute approximate surface area is 295 Å². The van der Waals surface area contributed by atoms with E-state index in [1.807, 2.05) is 54.6 Å². The highest BCUT2D eigenvalue weighted by molar-refractivity contribution is 6.02. The Hall–Kier alpha value is -6.80. The van der Waals surface area contributed by atoms with Crippen molar-refractivity contribution in [1.29, 1.82) is 0 Å². The van der Waals surface area contributed by atoms with Gasteiger partial charge in [-0.05, 0) is 46.5 Å². The monoisotopic (exact) mass is 686 g/mol. The van der Waals surface area contributed by atoms with Gasteiger partial charge in [-0.15, -0.1) is 0 Å². The molecule has 2 aliphatic heterocycles. The second-order valence-electron chi connectivity index (χ2n) is 12.4. The molecule has 0 spiro atoms. The highest BCUT2D eigenvalue weighted by Crippen LogP contribution is 2.44. The molecule has 0 aliphatic carbocycles. The van der Waals surface area contributed by atoms with Gasteiger partial charge in [-0.2, -0.15) is 0 Å². The van der Waals surface area contributed by atoms with E-state index in [1.54, 1.807) is 91.0 Å². The van der Waals surface area contributed by atoms with Crippen LogP contribution in [-0.2, 0) is 0 Å². The number of hydrogen-bond acceptors (Lipinski definition) is 2. The van der Waals surface area contributed by atoms with Gasteiger partial charge < -0.3 is 9.97 Å². The van der Waals surface area contributed by atoms with Crippen LogP contribution in [-0.4, -0.2) is 19.9 Å². The third-order valence-electron chi connectivity index (χ3n) is 9.31. The predicted octanol–water partition coefficient (Wildman–Crippen LogP) is 12.2. The molecule has 4 nitrogen and oxygen atoms in total. The molecule has 9 rings (SSSR count). The van der Waals surface area contributed by atoms with Gasteiger partial charge in [0.25, 0.3) is 0 Å². The minimum absolute atomic E-state index is 0.138. The fraction of sp³-hybridized carbons (Fsp3) is 0. The maximum atomic E-state index is 16.5. The molecular weight excluding hydrogens is 661 g/mol. The Morgan fingerprint density at radius 2 is 0.750 bits per heavy atom. The van der Waals surface area contributed by atoms with E-state index in [2.05, 4.69) is 15.0 Å². The summed E-state index contributed by atoms with van der Waals surface area (Å²) in [6.07, 6.45) is 3.60. The zero-order valence-electron chi connectivity index (χ0n) is 27.3. The molecule has 0 saturated carbocycles. The van der Waals surface area contributed by atoms with E-state index in [0.29, 0.717) is 44.7 Å². The Balaban J connectivity index is 1.56. The molecule has 0 atom stereocenters. The summed E-state index contributed by atoms with van der Waals surface area (Å²) in [4.78, 5) is 16.0. The van der Waals surface area contributed by atoms with Crippen molar-refractivity contribution in [2.24, 2.45) is 0 Å². The molecule has 8 bridgehead atoms. The molecule has 2 aliphatic rings. The number of nitrogens with zero attached hydrogens (tertiary/aromatic N) is 2. The van der Waals surface area contributed by atoms with Crippen LogP contribution in [0.25, 0.3) is 90.4 Å². The molecule has 2 N–H and O–H groups in total. The maximum absolute atomic E-state index is 16.5. The lowest BCUT2D eigenvalue weighted by atomic mass is 10.0. The average molecular weight is 687 g/mol. The summed E-state index contributed by atoms with van der Waals surface area (Å²) >= 11 is 0. The number of halogens is 4. The van der Waals surface area contributed by atoms with Crippen LogP contribution in [0.2, 0.25) is 0 Å². The SMILES string of the molecule is FC1=C(F)c2nc1c(-c1ccccc1)c1ccc([nH]1)c(-c1ccccc1)c1nc(c(-c3ccccc3)c3[nH]c(c(F)c3F)c2-c2ccccc2)C=C1. The van der Waals surface area contributed by atoms with Crippen LogP contribution in [0.4, 0.5) is 17.6 Å². The van der Waals surface area contributed by atoms with E-state index in [0.717, 1.165) is 5.56 Å². The van der Waals surface area contributed by atoms with Crippen molar-refractivity contribution in [3.63, 3.8) is 0 Å². The number of nitrogens with one attached hydrogen (secondary N) is 2. The predicted molar refractivity (Wildman–Crippen MR) is 201 cm³/mol. The molecule has 0 amide bonds. The molecule has 5 heterocycles. The van der Waals surface area contributed by atoms with E-state index in [-0.39, 0.29) is 33.4 Å². The topological polar surface area (TPSA) is 57.4 Å². The molecule has 4 aromatic carbocycles. The van der Waals surface area contributed by atoms with Gasteiger partial charge in [0.1, 0.15) is 11.4 Å². The quantitative estimate of drug-likeness (QED) is 0.181. The molecule has 0 radical (unpaired) electrons. The number of H-pyrrole nitrogens is 2. The maximum Gasteiger partial charge on any atom is 0.187 e. The summed E-state index contributed by atoms with van der Waals surface area (Å²) < 4.78 is 66.0. The van der Waals surface area contributed by atoms with Gasteiger partial charge in [0.05, 0.1) is 22.4 Å². The van der Waals surface area contributed by atoms with Gasteiger partial charge in [-0.3, -0.25) is 0 Å². The molecule has 250 valence electrons. The number of aromatic amines is 2. The van der Waals surface area contributed by atoms with Gasteiger partial charge in [-0.25, -0.2) is 27.5 Å². The van der Waals surface area contributed by atoms with E-state index >= 15 is 17.6 Å². The Bertz CT molecular complexity index is 2750. The third kappa shape index (κ3) is 5.07. The fourth-order valence-corrected chi connectivity index (χ4v) is 6.98. The fourth-order valence-electron chi connectivity index (χ4n) is 6.98. The van der Waals surface area contributed by atoms with Crippen LogP contribution in [0.1, 0.15) is 22.8 Å². The second-order valence-corrected chi connectivity index (χ2v) is 12.4. The lowest BCUT2D eigenvalue weighted by molar-refractivity contribution is 0.529. The van der Waals surface area contributed by atoms with Crippen LogP contribution >= 0.6 is 0 Å². The summed E-state index contributed by atoms with van der Waals surface area (Å²) in [7, 11) is 0. The van der Waals surface area contributed by atoms with E-state index in [4.69, 9.17) is 4.98 Å². The van der Waals surface area contributed by atoms with Crippen molar-refractivity contribution in [2.45, 2.75) is 0 Å². The zero-order valence-corrected chi connectivity index (χ0v) is 27.3. The van der Waals surface area contributed by atoms with Gasteiger partial charge >= 0.3 is 0 Å². The number of rotatable bonds is 4. The Morgan fingerprint density at radius 1 is 0.365 bits per heavy atom. The van der Waals surface area contributed by atoms with Crippen molar-refractivity contribution in [3.05, 3.63) is 168 Å².